The molecule has 6 atom stereocenters. The molecule has 0 unspecified atom stereocenters. The third kappa shape index (κ3) is 15.3. The number of nitrogens with zero attached hydrogens (tertiary/aromatic N) is 3. The Kier molecular flexibility index (Phi) is 20.4. The fourth-order valence-corrected chi connectivity index (χ4v) is 11.8. The van der Waals surface area contributed by atoms with Crippen molar-refractivity contribution in [3.05, 3.63) is 177 Å². The molecular weight excluding hydrogens is 1220 g/mol. The van der Waals surface area contributed by atoms with Crippen molar-refractivity contribution in [1.29, 1.82) is 0 Å². The van der Waals surface area contributed by atoms with Crippen LogP contribution < -0.4 is 16.0 Å². The Hall–Kier alpha value is -7.79. The van der Waals surface area contributed by atoms with Gasteiger partial charge in [-0.1, -0.05) is 91.0 Å². The van der Waals surface area contributed by atoms with E-state index < -0.39 is 111 Å². The lowest BCUT2D eigenvalue weighted by Gasteiger charge is -2.55. The molecule has 16 nitrogen and oxygen atoms in total. The third-order valence-electron chi connectivity index (χ3n) is 16.7. The number of likely N-dealkylation sites (tertiary alicyclic amines) is 1. The maximum Gasteiger partial charge on any atom is 0.416 e. The van der Waals surface area contributed by atoms with Crippen LogP contribution in [0.5, 0.6) is 0 Å². The van der Waals surface area contributed by atoms with Crippen LogP contribution in [0.3, 0.4) is 0 Å². The smallest absolute Gasteiger partial charge is 0.416 e. The highest BCUT2D eigenvalue weighted by atomic mass is 19.4. The molecule has 4 heterocycles. The zero-order valence-corrected chi connectivity index (χ0v) is 48.9. The number of alkyl halides is 12. The lowest BCUT2D eigenvalue weighted by molar-refractivity contribution is -0.145. The first-order valence-electron chi connectivity index (χ1n) is 28.1. The van der Waals surface area contributed by atoms with Gasteiger partial charge in [0.15, 0.2) is 0 Å². The van der Waals surface area contributed by atoms with Gasteiger partial charge in [0.2, 0.25) is 11.8 Å². The van der Waals surface area contributed by atoms with Gasteiger partial charge >= 0.3 is 42.9 Å². The summed E-state index contributed by atoms with van der Waals surface area (Å²) >= 11 is 0. The fraction of sp³-hybridized carbons (Fsp3) is 0.435. The van der Waals surface area contributed by atoms with E-state index in [1.807, 2.05) is 12.1 Å². The number of hydrogen-bond donors (Lipinski definition) is 3. The molecule has 4 aliphatic heterocycles. The zero-order valence-electron chi connectivity index (χ0n) is 48.9. The molecule has 5 aromatic rings. The van der Waals surface area contributed by atoms with Gasteiger partial charge in [-0.25, -0.2) is 14.4 Å². The van der Waals surface area contributed by atoms with E-state index >= 15 is 0 Å². The van der Waals surface area contributed by atoms with E-state index in [0.29, 0.717) is 48.2 Å². The predicted octanol–water partition coefficient (Wildman–Crippen LogP) is 12.1. The molecule has 0 aliphatic carbocycles. The number of imide groups is 2. The summed E-state index contributed by atoms with van der Waals surface area (Å²) < 4.78 is 191. The lowest BCUT2D eigenvalue weighted by atomic mass is 9.74. The molecule has 90 heavy (non-hydrogen) atoms. The standard InChI is InChI=1S/C35H35F6N3O6.C27H29F6N3O4/c1-23(25-15-27(34(36,37)38)17-28(16-25)35(39,40)41)50-22-33(26-11-7-4-8-12-26)14-13-32(21-48-2,43-18-29(45)42-30(43)46)20-44(33)31(47)49-19-24-9-5-3-6-10-24;1-17(18-10-20(26(28,29)30)12-21(11-18)27(31,32)33)40-16-25(19-6-4-3-5-7-19)9-8-24(14-34-25,15-39-2)36-13-22(37)35-23(36)38/h3-12,15-17,23H,13-14,18-22H2,1-2H3,(H,42,45,46);3-7,10-12,17,34H,8-9,13-16H2,1-2H3,(H,35,37,38)/t23-,32+,33-;17-,24+,25-/m11/s1. The van der Waals surface area contributed by atoms with Gasteiger partial charge in [-0.2, -0.15) is 52.7 Å². The molecule has 7 amide bonds. The van der Waals surface area contributed by atoms with E-state index in [0.717, 1.165) is 5.56 Å². The number of hydrogen-bond acceptors (Lipinski definition) is 11. The summed E-state index contributed by atoms with van der Waals surface area (Å²) in [6, 6.07) is 27.9. The van der Waals surface area contributed by atoms with Gasteiger partial charge < -0.3 is 38.8 Å². The normalized spacial score (nSPS) is 23.2. The Morgan fingerprint density at radius 2 is 0.933 bits per heavy atom. The summed E-state index contributed by atoms with van der Waals surface area (Å²) in [5.41, 5.74) is -8.79. The number of halogens is 12. The van der Waals surface area contributed by atoms with Crippen LogP contribution in [0, 0.1) is 0 Å². The highest BCUT2D eigenvalue weighted by Gasteiger charge is 2.57. The van der Waals surface area contributed by atoms with Crippen molar-refractivity contribution in [2.75, 3.05) is 66.8 Å². The van der Waals surface area contributed by atoms with Crippen molar-refractivity contribution >= 4 is 30.0 Å². The van der Waals surface area contributed by atoms with E-state index in [2.05, 4.69) is 16.0 Å². The minimum absolute atomic E-state index is 0.0436. The maximum atomic E-state index is 14.2. The number of carbonyl (C=O) groups is 5. The number of benzene rings is 5. The van der Waals surface area contributed by atoms with Crippen molar-refractivity contribution in [1.82, 2.24) is 30.7 Å². The first kappa shape index (κ1) is 68.1. The van der Waals surface area contributed by atoms with Crippen molar-refractivity contribution in [3.63, 3.8) is 0 Å². The molecule has 0 radical (unpaired) electrons. The van der Waals surface area contributed by atoms with Crippen LogP contribution in [0.15, 0.2) is 127 Å². The summed E-state index contributed by atoms with van der Waals surface area (Å²) in [5.74, 6) is -0.975. The second-order valence-electron chi connectivity index (χ2n) is 22.6. The molecule has 0 bridgehead atoms. The van der Waals surface area contributed by atoms with Crippen LogP contribution >= 0.6 is 0 Å². The molecule has 4 saturated heterocycles. The number of carbonyl (C=O) groups excluding carboxylic acids is 5. The monoisotopic (exact) mass is 1280 g/mol. The van der Waals surface area contributed by atoms with Crippen LogP contribution in [0.1, 0.15) is 102 Å². The van der Waals surface area contributed by atoms with Gasteiger partial charge in [-0.05, 0) is 104 Å². The summed E-state index contributed by atoms with van der Waals surface area (Å²) in [7, 11) is 2.88. The minimum atomic E-state index is -5.06. The van der Waals surface area contributed by atoms with Crippen molar-refractivity contribution in [3.8, 4) is 0 Å². The molecule has 4 fully saturated rings. The van der Waals surface area contributed by atoms with Crippen LogP contribution in [0.4, 0.5) is 67.1 Å². The van der Waals surface area contributed by atoms with Crippen LogP contribution in [-0.2, 0) is 75.7 Å². The minimum Gasteiger partial charge on any atom is -0.445 e. The van der Waals surface area contributed by atoms with Crippen LogP contribution in [0.25, 0.3) is 0 Å². The zero-order chi connectivity index (χ0) is 65.7. The molecule has 4 aliphatic rings. The first-order chi connectivity index (χ1) is 42.3. The molecule has 0 spiro atoms. The Morgan fingerprint density at radius 1 is 0.522 bits per heavy atom. The predicted molar refractivity (Wildman–Crippen MR) is 297 cm³/mol. The average Bonchev–Trinajstić information content (AvgIpc) is 1.11. The number of urea groups is 2. The van der Waals surface area contributed by atoms with Crippen LogP contribution in [0.2, 0.25) is 0 Å². The van der Waals surface area contributed by atoms with E-state index in [1.54, 1.807) is 78.9 Å². The molecular formula is C62H64F12N6O10. The maximum absolute atomic E-state index is 14.2. The topological polar surface area (TPSA) is 177 Å². The van der Waals surface area contributed by atoms with E-state index in [1.165, 1.54) is 42.8 Å². The lowest BCUT2D eigenvalue weighted by Crippen LogP contribution is -2.68. The average molecular weight is 1280 g/mol. The van der Waals surface area contributed by atoms with Crippen LogP contribution in [-0.4, -0.2) is 123 Å². The van der Waals surface area contributed by atoms with E-state index in [4.69, 9.17) is 23.7 Å². The fourth-order valence-electron chi connectivity index (χ4n) is 11.8. The second kappa shape index (κ2) is 27.0. The summed E-state index contributed by atoms with van der Waals surface area (Å²) in [5, 5.41) is 7.94. The number of amides is 7. The quantitative estimate of drug-likeness (QED) is 0.0562. The highest BCUT2D eigenvalue weighted by Crippen LogP contribution is 2.47. The molecule has 486 valence electrons. The largest absolute Gasteiger partial charge is 0.445 e. The van der Waals surface area contributed by atoms with Gasteiger partial charge in [-0.15, -0.1) is 0 Å². The summed E-state index contributed by atoms with van der Waals surface area (Å²) in [4.78, 5) is 67.9. The van der Waals surface area contributed by atoms with Crippen molar-refractivity contribution in [2.45, 2.75) is 105 Å². The molecule has 3 N–H and O–H groups in total. The van der Waals surface area contributed by atoms with Gasteiger partial charge in [0.05, 0.1) is 89.6 Å². The van der Waals surface area contributed by atoms with Gasteiger partial charge in [-0.3, -0.25) is 25.1 Å². The number of nitrogens with one attached hydrogen (secondary N) is 3. The van der Waals surface area contributed by atoms with Gasteiger partial charge in [0, 0.05) is 20.8 Å². The Labute approximate surface area is 509 Å². The highest BCUT2D eigenvalue weighted by molar-refractivity contribution is 6.03. The second-order valence-corrected chi connectivity index (χ2v) is 22.6. The van der Waals surface area contributed by atoms with Gasteiger partial charge in [0.1, 0.15) is 19.7 Å². The first-order valence-corrected chi connectivity index (χ1v) is 28.1. The third-order valence-corrected chi connectivity index (χ3v) is 16.7. The number of methoxy groups -OCH3 is 2. The van der Waals surface area contributed by atoms with Crippen molar-refractivity contribution < 1.29 is 100 Å². The number of piperidine rings is 2. The Bertz CT molecular complexity index is 3290. The summed E-state index contributed by atoms with van der Waals surface area (Å²) in [6.45, 7) is 1.70. The van der Waals surface area contributed by atoms with Gasteiger partial charge in [0.25, 0.3) is 0 Å². The molecule has 0 saturated carbocycles. The molecule has 0 aromatic heterocycles. The van der Waals surface area contributed by atoms with Crippen molar-refractivity contribution in [2.24, 2.45) is 0 Å². The van der Waals surface area contributed by atoms with E-state index in [9.17, 15) is 76.7 Å². The van der Waals surface area contributed by atoms with E-state index in [-0.39, 0.29) is 95.3 Å². The number of ether oxygens (including phenoxy) is 5. The molecule has 28 heteroatoms. The molecule has 9 rings (SSSR count). The summed E-state index contributed by atoms with van der Waals surface area (Å²) in [6.07, 6.45) is -22.3. The SMILES string of the molecule is COC[C@]1(N2CC(=O)NC2=O)CC[C@@](CO[C@H](C)c2cc(C(F)(F)F)cc(C(F)(F)F)c2)(c2ccccc2)N(C(=O)OCc2ccccc2)C1.COC[C@]1(N2CC(=O)NC2=O)CC[C@@](CO[C@H](C)c2cc(C(F)(F)F)cc(C(F)(F)F)c2)(c2ccccc2)NC1. The number of rotatable bonds is 18. The Morgan fingerprint density at radius 3 is 1.34 bits per heavy atom. The Balaban J connectivity index is 0.000000238. The molecule has 5 aromatic carbocycles.